The zero-order valence-electron chi connectivity index (χ0n) is 17.7. The van der Waals surface area contributed by atoms with Crippen LogP contribution in [-0.4, -0.2) is 59.5 Å². The number of nitrogens with one attached hydrogen (secondary N) is 2. The second-order valence-electron chi connectivity index (χ2n) is 7.80. The van der Waals surface area contributed by atoms with Gasteiger partial charge in [0.25, 0.3) is 11.5 Å². The van der Waals surface area contributed by atoms with Gasteiger partial charge in [-0.15, -0.1) is 0 Å². The largest absolute Gasteiger partial charge is 0.381 e. The molecule has 0 aromatic carbocycles. The third-order valence-electron chi connectivity index (χ3n) is 5.42. The molecule has 0 radical (unpaired) electrons. The molecule has 4 rings (SSSR count). The summed E-state index contributed by atoms with van der Waals surface area (Å²) < 4.78 is 6.70. The Labute approximate surface area is 180 Å². The Hall–Kier alpha value is -3.46. The van der Waals surface area contributed by atoms with Gasteiger partial charge in [-0.05, 0) is 48.6 Å². The number of carbonyl (C=O) groups excluding carboxylic acids is 1. The molecule has 3 aromatic heterocycles. The van der Waals surface area contributed by atoms with Crippen molar-refractivity contribution in [3.63, 3.8) is 0 Å². The molecule has 9 heteroatoms. The molecule has 1 aliphatic rings. The molecule has 1 saturated heterocycles. The van der Waals surface area contributed by atoms with Crippen molar-refractivity contribution in [1.29, 1.82) is 0 Å². The van der Waals surface area contributed by atoms with Crippen LogP contribution in [0.3, 0.4) is 0 Å². The second kappa shape index (κ2) is 9.13. The van der Waals surface area contributed by atoms with Crippen LogP contribution in [0.4, 0.5) is 5.82 Å². The molecule has 0 atom stereocenters. The van der Waals surface area contributed by atoms with E-state index in [-0.39, 0.29) is 11.5 Å². The molecule has 1 aliphatic heterocycles. The summed E-state index contributed by atoms with van der Waals surface area (Å²) in [6, 6.07) is 6.98. The van der Waals surface area contributed by atoms with Gasteiger partial charge < -0.3 is 15.0 Å². The zero-order valence-corrected chi connectivity index (χ0v) is 17.7. The van der Waals surface area contributed by atoms with E-state index >= 15 is 0 Å². The number of nitrogens with zero attached hydrogens (tertiary/aromatic N) is 4. The van der Waals surface area contributed by atoms with E-state index in [0.717, 1.165) is 37.4 Å². The fraction of sp³-hybridized carbons (Fsp3) is 0.364. The summed E-state index contributed by atoms with van der Waals surface area (Å²) in [4.78, 5) is 35.8. The van der Waals surface area contributed by atoms with Crippen molar-refractivity contribution in [2.75, 3.05) is 38.8 Å². The lowest BCUT2D eigenvalue weighted by Crippen LogP contribution is -2.32. The van der Waals surface area contributed by atoms with Crippen LogP contribution in [0.1, 0.15) is 23.2 Å². The summed E-state index contributed by atoms with van der Waals surface area (Å²) in [5.74, 6) is 1.46. The Morgan fingerprint density at radius 1 is 1.26 bits per heavy atom. The predicted molar refractivity (Wildman–Crippen MR) is 118 cm³/mol. The van der Waals surface area contributed by atoms with Crippen molar-refractivity contribution >= 4 is 11.7 Å². The first-order chi connectivity index (χ1) is 15.0. The summed E-state index contributed by atoms with van der Waals surface area (Å²) in [6.07, 6.45) is 6.73. The summed E-state index contributed by atoms with van der Waals surface area (Å²) in [5, 5.41) is 5.91. The maximum Gasteiger partial charge on any atom is 0.280 e. The lowest BCUT2D eigenvalue weighted by molar-refractivity contribution is 0.0642. The van der Waals surface area contributed by atoms with Crippen LogP contribution in [0, 0.1) is 5.92 Å². The number of ether oxygens (including phenoxy) is 1. The van der Waals surface area contributed by atoms with Crippen LogP contribution >= 0.6 is 0 Å². The number of hydrogen-bond donors (Lipinski definition) is 2. The van der Waals surface area contributed by atoms with E-state index in [9.17, 15) is 9.59 Å². The van der Waals surface area contributed by atoms with Gasteiger partial charge in [0, 0.05) is 52.4 Å². The smallest absolute Gasteiger partial charge is 0.280 e. The summed E-state index contributed by atoms with van der Waals surface area (Å²) in [7, 11) is 3.79. The number of aromatic amines is 1. The van der Waals surface area contributed by atoms with E-state index in [0.29, 0.717) is 29.4 Å². The lowest BCUT2D eigenvalue weighted by Gasteiger charge is -2.22. The molecule has 0 spiro atoms. The molecule has 0 aliphatic carbocycles. The SMILES string of the molecule is CN(C)c1cc(-c2c[nH]n(-c3ccc(C(=O)NCC4CCOCC4)cn3)c2=O)ccn1. The van der Waals surface area contributed by atoms with Gasteiger partial charge in [0.1, 0.15) is 5.82 Å². The van der Waals surface area contributed by atoms with Gasteiger partial charge in [0.05, 0.1) is 11.1 Å². The fourth-order valence-corrected chi connectivity index (χ4v) is 3.52. The van der Waals surface area contributed by atoms with Crippen molar-refractivity contribution in [2.45, 2.75) is 12.8 Å². The van der Waals surface area contributed by atoms with E-state index in [4.69, 9.17) is 4.74 Å². The Kier molecular flexibility index (Phi) is 6.13. The minimum absolute atomic E-state index is 0.168. The number of H-pyrrole nitrogens is 1. The number of hydrogen-bond acceptors (Lipinski definition) is 6. The van der Waals surface area contributed by atoms with Crippen molar-refractivity contribution in [3.05, 3.63) is 58.8 Å². The quantitative estimate of drug-likeness (QED) is 0.628. The van der Waals surface area contributed by atoms with Gasteiger partial charge in [-0.25, -0.2) is 14.6 Å². The Morgan fingerprint density at radius 2 is 2.06 bits per heavy atom. The van der Waals surface area contributed by atoms with Crippen molar-refractivity contribution in [3.8, 4) is 16.9 Å². The van der Waals surface area contributed by atoms with Crippen LogP contribution in [0.5, 0.6) is 0 Å². The molecule has 0 saturated carbocycles. The highest BCUT2D eigenvalue weighted by Crippen LogP contribution is 2.19. The van der Waals surface area contributed by atoms with E-state index in [1.54, 1.807) is 30.6 Å². The van der Waals surface area contributed by atoms with Crippen LogP contribution in [0.15, 0.2) is 47.7 Å². The summed E-state index contributed by atoms with van der Waals surface area (Å²) in [6.45, 7) is 2.13. The molecule has 4 heterocycles. The third kappa shape index (κ3) is 4.66. The minimum atomic E-state index is -0.222. The van der Waals surface area contributed by atoms with Gasteiger partial charge in [-0.1, -0.05) is 0 Å². The predicted octanol–water partition coefficient (Wildman–Crippen LogP) is 1.84. The number of carbonyl (C=O) groups is 1. The average Bonchev–Trinajstić information content (AvgIpc) is 3.19. The van der Waals surface area contributed by atoms with Gasteiger partial charge >= 0.3 is 0 Å². The van der Waals surface area contributed by atoms with Crippen molar-refractivity contribution in [2.24, 2.45) is 5.92 Å². The summed E-state index contributed by atoms with van der Waals surface area (Å²) in [5.41, 5.74) is 1.52. The van der Waals surface area contributed by atoms with Gasteiger partial charge in [0.15, 0.2) is 5.82 Å². The van der Waals surface area contributed by atoms with E-state index in [1.165, 1.54) is 10.9 Å². The molecule has 0 unspecified atom stereocenters. The maximum atomic E-state index is 12.9. The first-order valence-electron chi connectivity index (χ1n) is 10.3. The Balaban J connectivity index is 1.47. The molecule has 1 fully saturated rings. The molecular weight excluding hydrogens is 396 g/mol. The lowest BCUT2D eigenvalue weighted by atomic mass is 10.0. The Morgan fingerprint density at radius 3 is 2.77 bits per heavy atom. The van der Waals surface area contributed by atoms with Gasteiger partial charge in [-0.2, -0.15) is 0 Å². The molecule has 1 amide bonds. The number of anilines is 1. The maximum absolute atomic E-state index is 12.9. The zero-order chi connectivity index (χ0) is 21.8. The molecule has 3 aromatic rings. The molecule has 2 N–H and O–H groups in total. The molecule has 31 heavy (non-hydrogen) atoms. The fourth-order valence-electron chi connectivity index (χ4n) is 3.52. The van der Waals surface area contributed by atoms with Crippen molar-refractivity contribution in [1.82, 2.24) is 25.1 Å². The monoisotopic (exact) mass is 422 g/mol. The standard InChI is InChI=1S/C22H26N6O3/c1-27(2)20-11-16(5-8-23-20)18-14-26-28(22(18)30)19-4-3-17(13-24-19)21(29)25-12-15-6-9-31-10-7-15/h3-5,8,11,13-15,26H,6-7,9-10,12H2,1-2H3,(H,25,29). The van der Waals surface area contributed by atoms with Crippen LogP contribution in [0.2, 0.25) is 0 Å². The number of rotatable bonds is 6. The second-order valence-corrected chi connectivity index (χ2v) is 7.80. The van der Waals surface area contributed by atoms with Crippen LogP contribution in [-0.2, 0) is 4.74 Å². The minimum Gasteiger partial charge on any atom is -0.381 e. The number of pyridine rings is 2. The van der Waals surface area contributed by atoms with Gasteiger partial charge in [-0.3, -0.25) is 14.7 Å². The molecular formula is C22H26N6O3. The normalized spacial score (nSPS) is 14.4. The molecule has 9 nitrogen and oxygen atoms in total. The highest BCUT2D eigenvalue weighted by molar-refractivity contribution is 5.93. The Bertz CT molecular complexity index is 1100. The molecule has 0 bridgehead atoms. The van der Waals surface area contributed by atoms with Crippen LogP contribution < -0.4 is 15.8 Å². The number of aromatic nitrogens is 4. The van der Waals surface area contributed by atoms with Crippen LogP contribution in [0.25, 0.3) is 16.9 Å². The highest BCUT2D eigenvalue weighted by Gasteiger charge is 2.16. The topological polar surface area (TPSA) is 105 Å². The number of amides is 1. The first kappa shape index (κ1) is 20.8. The first-order valence-corrected chi connectivity index (χ1v) is 10.3. The van der Waals surface area contributed by atoms with E-state index in [1.807, 2.05) is 25.1 Å². The summed E-state index contributed by atoms with van der Waals surface area (Å²) >= 11 is 0. The van der Waals surface area contributed by atoms with E-state index < -0.39 is 0 Å². The van der Waals surface area contributed by atoms with Gasteiger partial charge in [0.2, 0.25) is 0 Å². The van der Waals surface area contributed by atoms with E-state index in [2.05, 4.69) is 20.4 Å². The average molecular weight is 422 g/mol. The third-order valence-corrected chi connectivity index (χ3v) is 5.42. The van der Waals surface area contributed by atoms with Crippen molar-refractivity contribution < 1.29 is 9.53 Å². The molecule has 162 valence electrons. The highest BCUT2D eigenvalue weighted by atomic mass is 16.5.